The predicted molar refractivity (Wildman–Crippen MR) is 99.5 cm³/mol. The van der Waals surface area contributed by atoms with Gasteiger partial charge >= 0.3 is 5.97 Å². The molecule has 0 radical (unpaired) electrons. The van der Waals surface area contributed by atoms with Crippen molar-refractivity contribution >= 4 is 17.8 Å². The summed E-state index contributed by atoms with van der Waals surface area (Å²) in [6.07, 6.45) is 2.04. The van der Waals surface area contributed by atoms with Crippen LogP contribution in [0.3, 0.4) is 0 Å². The van der Waals surface area contributed by atoms with E-state index in [0.29, 0.717) is 17.9 Å². The van der Waals surface area contributed by atoms with E-state index in [0.717, 1.165) is 11.3 Å². The van der Waals surface area contributed by atoms with Gasteiger partial charge < -0.3 is 14.2 Å². The molecule has 0 N–H and O–H groups in total. The number of hydrogen-bond acceptors (Lipinski definition) is 5. The number of ether oxygens (including phenoxy) is 3. The van der Waals surface area contributed by atoms with Crippen LogP contribution in [0.5, 0.6) is 11.5 Å². The van der Waals surface area contributed by atoms with Crippen LogP contribution in [0.4, 0.5) is 0 Å². The zero-order chi connectivity index (χ0) is 18.9. The largest absolute Gasteiger partial charge is 0.497 e. The molecule has 136 valence electrons. The number of hydrogen-bond donors (Lipinski definition) is 0. The summed E-state index contributed by atoms with van der Waals surface area (Å²) < 4.78 is 15.6. The number of benzene rings is 2. The number of esters is 1. The number of ketones is 1. The summed E-state index contributed by atoms with van der Waals surface area (Å²) in [7, 11) is 1.59. The van der Waals surface area contributed by atoms with Crippen LogP contribution in [0.25, 0.3) is 6.08 Å². The molecule has 1 atom stereocenters. The van der Waals surface area contributed by atoms with Gasteiger partial charge in [-0.25, -0.2) is 4.79 Å². The number of rotatable bonds is 8. The first-order chi connectivity index (χ1) is 12.5. The molecule has 0 aliphatic heterocycles. The second kappa shape index (κ2) is 9.42. The van der Waals surface area contributed by atoms with Gasteiger partial charge in [0.25, 0.3) is 0 Å². The monoisotopic (exact) mass is 354 g/mol. The molecule has 2 aromatic carbocycles. The van der Waals surface area contributed by atoms with E-state index in [1.54, 1.807) is 56.5 Å². The Hall–Kier alpha value is -3.08. The second-order valence-electron chi connectivity index (χ2n) is 5.51. The third kappa shape index (κ3) is 5.48. The molecule has 5 nitrogen and oxygen atoms in total. The van der Waals surface area contributed by atoms with Crippen molar-refractivity contribution in [2.75, 3.05) is 13.7 Å². The van der Waals surface area contributed by atoms with Gasteiger partial charge in [0.1, 0.15) is 11.5 Å². The van der Waals surface area contributed by atoms with Gasteiger partial charge in [-0.15, -0.1) is 0 Å². The van der Waals surface area contributed by atoms with Crippen LogP contribution in [0.15, 0.2) is 54.6 Å². The van der Waals surface area contributed by atoms with Crippen LogP contribution in [-0.4, -0.2) is 31.6 Å². The molecule has 0 fully saturated rings. The van der Waals surface area contributed by atoms with Crippen molar-refractivity contribution < 1.29 is 23.8 Å². The molecule has 0 bridgehead atoms. The topological polar surface area (TPSA) is 61.8 Å². The molecule has 0 spiro atoms. The zero-order valence-electron chi connectivity index (χ0n) is 15.1. The molecule has 26 heavy (non-hydrogen) atoms. The Morgan fingerprint density at radius 2 is 1.62 bits per heavy atom. The number of carbonyl (C=O) groups excluding carboxylic acids is 2. The fraction of sp³-hybridized carbons (Fsp3) is 0.238. The molecule has 0 amide bonds. The first-order valence-corrected chi connectivity index (χ1v) is 8.33. The van der Waals surface area contributed by atoms with E-state index in [1.165, 1.54) is 6.08 Å². The molecule has 0 saturated heterocycles. The van der Waals surface area contributed by atoms with Crippen molar-refractivity contribution in [3.05, 3.63) is 65.7 Å². The Kier molecular flexibility index (Phi) is 6.97. The summed E-state index contributed by atoms with van der Waals surface area (Å²) >= 11 is 0. The quantitative estimate of drug-likeness (QED) is 0.408. The summed E-state index contributed by atoms with van der Waals surface area (Å²) in [5.74, 6) is 0.585. The first kappa shape index (κ1) is 19.2. The Morgan fingerprint density at radius 1 is 1.00 bits per heavy atom. The van der Waals surface area contributed by atoms with Crippen molar-refractivity contribution in [1.82, 2.24) is 0 Å². The van der Waals surface area contributed by atoms with E-state index < -0.39 is 12.1 Å². The highest BCUT2D eigenvalue weighted by atomic mass is 16.5. The lowest BCUT2D eigenvalue weighted by atomic mass is 10.1. The van der Waals surface area contributed by atoms with Gasteiger partial charge in [0.15, 0.2) is 6.10 Å². The van der Waals surface area contributed by atoms with Crippen LogP contribution in [0.2, 0.25) is 0 Å². The maximum atomic E-state index is 12.3. The molecule has 0 aliphatic carbocycles. The summed E-state index contributed by atoms with van der Waals surface area (Å²) in [5, 5.41) is 0. The third-order valence-corrected chi connectivity index (χ3v) is 3.64. The molecule has 0 unspecified atom stereocenters. The number of Topliss-reactive ketones (excluding diaryl/α,β-unsaturated/α-hetero) is 1. The minimum absolute atomic E-state index is 0.265. The molecule has 2 aromatic rings. The predicted octanol–water partition coefficient (Wildman–Crippen LogP) is 3.92. The van der Waals surface area contributed by atoms with Crippen LogP contribution in [-0.2, 0) is 9.53 Å². The van der Waals surface area contributed by atoms with Crippen molar-refractivity contribution in [2.24, 2.45) is 0 Å². The SMILES string of the molecule is CCOc1ccc(C(=O)[C@H](C)OC(=O)/C=C/c2ccc(OC)cc2)cc1. The highest BCUT2D eigenvalue weighted by molar-refractivity contribution is 6.01. The third-order valence-electron chi connectivity index (χ3n) is 3.64. The Balaban J connectivity index is 1.92. The number of carbonyl (C=O) groups is 2. The van der Waals surface area contributed by atoms with Gasteiger partial charge in [-0.05, 0) is 61.9 Å². The maximum absolute atomic E-state index is 12.3. The normalized spacial score (nSPS) is 11.8. The summed E-state index contributed by atoms with van der Waals surface area (Å²) in [6.45, 7) is 4.00. The number of methoxy groups -OCH3 is 1. The first-order valence-electron chi connectivity index (χ1n) is 8.33. The van der Waals surface area contributed by atoms with Crippen LogP contribution < -0.4 is 9.47 Å². The smallest absolute Gasteiger partial charge is 0.331 e. The Bertz CT molecular complexity index is 760. The maximum Gasteiger partial charge on any atom is 0.331 e. The second-order valence-corrected chi connectivity index (χ2v) is 5.51. The van der Waals surface area contributed by atoms with Crippen LogP contribution >= 0.6 is 0 Å². The van der Waals surface area contributed by atoms with E-state index in [4.69, 9.17) is 14.2 Å². The summed E-state index contributed by atoms with van der Waals surface area (Å²) in [4.78, 5) is 24.3. The highest BCUT2D eigenvalue weighted by Crippen LogP contribution is 2.15. The molecule has 2 rings (SSSR count). The van der Waals surface area contributed by atoms with Gasteiger partial charge in [0, 0.05) is 11.6 Å². The molecule has 0 aromatic heterocycles. The van der Waals surface area contributed by atoms with Crippen LogP contribution in [0, 0.1) is 0 Å². The van der Waals surface area contributed by atoms with E-state index in [-0.39, 0.29) is 5.78 Å². The van der Waals surface area contributed by atoms with Crippen molar-refractivity contribution in [2.45, 2.75) is 20.0 Å². The van der Waals surface area contributed by atoms with E-state index in [1.807, 2.05) is 19.1 Å². The lowest BCUT2D eigenvalue weighted by Crippen LogP contribution is -2.23. The molecule has 0 saturated carbocycles. The van der Waals surface area contributed by atoms with Crippen molar-refractivity contribution in [1.29, 1.82) is 0 Å². The molecule has 0 heterocycles. The average Bonchev–Trinajstić information content (AvgIpc) is 2.67. The summed E-state index contributed by atoms with van der Waals surface area (Å²) in [5.41, 5.74) is 1.29. The lowest BCUT2D eigenvalue weighted by Gasteiger charge is -2.11. The van der Waals surface area contributed by atoms with Gasteiger partial charge in [-0.3, -0.25) is 4.79 Å². The molecular weight excluding hydrogens is 332 g/mol. The lowest BCUT2D eigenvalue weighted by molar-refractivity contribution is -0.140. The van der Waals surface area contributed by atoms with E-state index >= 15 is 0 Å². The van der Waals surface area contributed by atoms with Gasteiger partial charge in [-0.1, -0.05) is 12.1 Å². The molecule has 5 heteroatoms. The van der Waals surface area contributed by atoms with Crippen molar-refractivity contribution in [3.8, 4) is 11.5 Å². The standard InChI is InChI=1S/C21H22O5/c1-4-25-19-12-8-17(9-13-19)21(23)15(2)26-20(22)14-7-16-5-10-18(24-3)11-6-16/h5-15H,4H2,1-3H3/b14-7+/t15-/m0/s1. The highest BCUT2D eigenvalue weighted by Gasteiger charge is 2.18. The molecular formula is C21H22O5. The van der Waals surface area contributed by atoms with E-state index in [2.05, 4.69) is 0 Å². The van der Waals surface area contributed by atoms with Crippen LogP contribution in [0.1, 0.15) is 29.8 Å². The van der Waals surface area contributed by atoms with E-state index in [9.17, 15) is 9.59 Å². The Labute approximate surface area is 153 Å². The fourth-order valence-corrected chi connectivity index (χ4v) is 2.26. The Morgan fingerprint density at radius 3 is 2.19 bits per heavy atom. The molecule has 0 aliphatic rings. The zero-order valence-corrected chi connectivity index (χ0v) is 15.1. The van der Waals surface area contributed by atoms with Gasteiger partial charge in [0.2, 0.25) is 5.78 Å². The van der Waals surface area contributed by atoms with Crippen molar-refractivity contribution in [3.63, 3.8) is 0 Å². The minimum Gasteiger partial charge on any atom is -0.497 e. The summed E-state index contributed by atoms with van der Waals surface area (Å²) in [6, 6.07) is 14.0. The van der Waals surface area contributed by atoms with Gasteiger partial charge in [0.05, 0.1) is 13.7 Å². The average molecular weight is 354 g/mol. The van der Waals surface area contributed by atoms with Gasteiger partial charge in [-0.2, -0.15) is 0 Å². The fourth-order valence-electron chi connectivity index (χ4n) is 2.26. The minimum atomic E-state index is -0.874.